The third kappa shape index (κ3) is 6.80. The van der Waals surface area contributed by atoms with Crippen molar-refractivity contribution in [2.45, 2.75) is 52.1 Å². The quantitative estimate of drug-likeness (QED) is 0.392. The molecule has 0 saturated carbocycles. The summed E-state index contributed by atoms with van der Waals surface area (Å²) < 4.78 is 17.7. The van der Waals surface area contributed by atoms with Gasteiger partial charge in [-0.3, -0.25) is 4.79 Å². The van der Waals surface area contributed by atoms with Gasteiger partial charge in [-0.2, -0.15) is 5.10 Å². The van der Waals surface area contributed by atoms with Crippen LogP contribution in [0.2, 0.25) is 0 Å². The highest BCUT2D eigenvalue weighted by Gasteiger charge is 2.32. The minimum atomic E-state index is -0.569. The first kappa shape index (κ1) is 28.7. The van der Waals surface area contributed by atoms with Gasteiger partial charge in [-0.15, -0.1) is 0 Å². The topological polar surface area (TPSA) is 112 Å². The molecule has 3 aromatic rings. The zero-order valence-electron chi connectivity index (χ0n) is 23.6. The maximum Gasteiger partial charge on any atom is 0.410 e. The average molecular weight is 549 g/mol. The molecule has 1 aromatic heterocycles. The molecule has 212 valence electrons. The normalized spacial score (nSPS) is 14.0. The van der Waals surface area contributed by atoms with Gasteiger partial charge in [-0.25, -0.2) is 14.3 Å². The number of esters is 1. The molecular weight excluding hydrogens is 512 g/mol. The zero-order valence-corrected chi connectivity index (χ0v) is 23.6. The molecule has 0 unspecified atom stereocenters. The van der Waals surface area contributed by atoms with E-state index in [9.17, 15) is 14.4 Å². The van der Waals surface area contributed by atoms with E-state index in [1.807, 2.05) is 45.0 Å². The first-order valence-corrected chi connectivity index (χ1v) is 13.4. The van der Waals surface area contributed by atoms with Crippen molar-refractivity contribution in [2.24, 2.45) is 0 Å². The van der Waals surface area contributed by atoms with Gasteiger partial charge in [0.05, 0.1) is 42.4 Å². The smallest absolute Gasteiger partial charge is 0.410 e. The predicted molar refractivity (Wildman–Crippen MR) is 150 cm³/mol. The fourth-order valence-electron chi connectivity index (χ4n) is 4.62. The van der Waals surface area contributed by atoms with Crippen LogP contribution in [0.4, 0.5) is 10.5 Å². The fraction of sp³-hybridized carbons (Fsp3) is 0.400. The minimum Gasteiger partial charge on any atom is -0.497 e. The maximum absolute atomic E-state index is 13.5. The van der Waals surface area contributed by atoms with Gasteiger partial charge >= 0.3 is 12.1 Å². The number of hydrogen-bond acceptors (Lipinski definition) is 7. The number of anilines is 1. The van der Waals surface area contributed by atoms with E-state index in [4.69, 9.17) is 14.2 Å². The molecule has 40 heavy (non-hydrogen) atoms. The summed E-state index contributed by atoms with van der Waals surface area (Å²) in [6.45, 7) is 8.58. The third-order valence-corrected chi connectivity index (χ3v) is 6.56. The van der Waals surface area contributed by atoms with Crippen LogP contribution in [0.5, 0.6) is 5.75 Å². The lowest BCUT2D eigenvalue weighted by atomic mass is 9.90. The van der Waals surface area contributed by atoms with Crippen molar-refractivity contribution in [1.29, 1.82) is 0 Å². The number of piperidine rings is 1. The third-order valence-electron chi connectivity index (χ3n) is 6.56. The van der Waals surface area contributed by atoms with E-state index in [-0.39, 0.29) is 24.5 Å². The van der Waals surface area contributed by atoms with Crippen LogP contribution in [0, 0.1) is 0 Å². The molecule has 0 aliphatic carbocycles. The van der Waals surface area contributed by atoms with E-state index in [0.29, 0.717) is 48.5 Å². The van der Waals surface area contributed by atoms with Crippen molar-refractivity contribution in [3.63, 3.8) is 0 Å². The number of aromatic nitrogens is 2. The van der Waals surface area contributed by atoms with Crippen molar-refractivity contribution in [3.05, 3.63) is 71.5 Å². The highest BCUT2D eigenvalue weighted by molar-refractivity contribution is 6.05. The molecule has 1 aliphatic heterocycles. The van der Waals surface area contributed by atoms with Gasteiger partial charge in [-0.1, -0.05) is 0 Å². The van der Waals surface area contributed by atoms with Crippen molar-refractivity contribution >= 4 is 23.7 Å². The Morgan fingerprint density at radius 2 is 1.65 bits per heavy atom. The number of hydrogen-bond donors (Lipinski definition) is 1. The van der Waals surface area contributed by atoms with E-state index in [2.05, 4.69) is 10.4 Å². The highest BCUT2D eigenvalue weighted by atomic mass is 16.6. The van der Waals surface area contributed by atoms with E-state index in [0.717, 1.165) is 11.4 Å². The number of likely N-dealkylation sites (tertiary alicyclic amines) is 1. The van der Waals surface area contributed by atoms with Crippen molar-refractivity contribution in [1.82, 2.24) is 14.7 Å². The monoisotopic (exact) mass is 548 g/mol. The van der Waals surface area contributed by atoms with Gasteiger partial charge < -0.3 is 24.4 Å². The van der Waals surface area contributed by atoms with Crippen LogP contribution < -0.4 is 10.1 Å². The second kappa shape index (κ2) is 12.2. The molecule has 1 aliphatic rings. The SMILES string of the molecule is CCOC(=O)c1ccc(NC(=O)c2cnn(-c3ccc(OC)cc3)c2C2CCN(C(=O)OC(C)(C)C)CC2)cc1. The second-order valence-electron chi connectivity index (χ2n) is 10.5. The Balaban J connectivity index is 1.58. The molecule has 0 spiro atoms. The summed E-state index contributed by atoms with van der Waals surface area (Å²) in [5.41, 5.74) is 2.39. The van der Waals surface area contributed by atoms with Gasteiger partial charge in [-0.05, 0) is 89.1 Å². The van der Waals surface area contributed by atoms with Crippen LogP contribution >= 0.6 is 0 Å². The molecular formula is C30H36N4O6. The van der Waals surface area contributed by atoms with Crippen LogP contribution in [0.25, 0.3) is 5.69 Å². The largest absolute Gasteiger partial charge is 0.497 e. The fourth-order valence-corrected chi connectivity index (χ4v) is 4.62. The van der Waals surface area contributed by atoms with E-state index >= 15 is 0 Å². The Hall–Kier alpha value is -4.34. The maximum atomic E-state index is 13.5. The number of benzene rings is 2. The summed E-state index contributed by atoms with van der Waals surface area (Å²) in [6, 6.07) is 14.0. The Morgan fingerprint density at radius 3 is 2.23 bits per heavy atom. The summed E-state index contributed by atoms with van der Waals surface area (Å²) in [4.78, 5) is 39.8. The lowest BCUT2D eigenvalue weighted by Crippen LogP contribution is -2.41. The summed E-state index contributed by atoms with van der Waals surface area (Å²) in [7, 11) is 1.61. The number of carbonyl (C=O) groups excluding carboxylic acids is 3. The molecule has 2 aromatic carbocycles. The highest BCUT2D eigenvalue weighted by Crippen LogP contribution is 2.33. The van der Waals surface area contributed by atoms with Gasteiger partial charge in [0, 0.05) is 24.7 Å². The number of carbonyl (C=O) groups is 3. The van der Waals surface area contributed by atoms with Crippen LogP contribution in [0.1, 0.15) is 72.9 Å². The van der Waals surface area contributed by atoms with Crippen LogP contribution in [0.3, 0.4) is 0 Å². The van der Waals surface area contributed by atoms with Crippen LogP contribution in [-0.4, -0.2) is 65.1 Å². The molecule has 1 saturated heterocycles. The van der Waals surface area contributed by atoms with Gasteiger partial charge in [0.25, 0.3) is 5.91 Å². The van der Waals surface area contributed by atoms with E-state index < -0.39 is 11.6 Å². The molecule has 1 N–H and O–H groups in total. The summed E-state index contributed by atoms with van der Waals surface area (Å²) in [6.07, 6.45) is 2.53. The summed E-state index contributed by atoms with van der Waals surface area (Å²) >= 11 is 0. The first-order valence-electron chi connectivity index (χ1n) is 13.4. The molecule has 0 radical (unpaired) electrons. The second-order valence-corrected chi connectivity index (χ2v) is 10.5. The van der Waals surface area contributed by atoms with Crippen LogP contribution in [-0.2, 0) is 9.47 Å². The van der Waals surface area contributed by atoms with E-state index in [1.165, 1.54) is 0 Å². The predicted octanol–water partition coefficient (Wildman–Crippen LogP) is 5.42. The van der Waals surface area contributed by atoms with Gasteiger partial charge in [0.1, 0.15) is 11.4 Å². The molecule has 0 atom stereocenters. The number of rotatable bonds is 7. The van der Waals surface area contributed by atoms with Crippen molar-refractivity contribution in [2.75, 3.05) is 32.1 Å². The Kier molecular flexibility index (Phi) is 8.77. The van der Waals surface area contributed by atoms with Crippen molar-refractivity contribution < 1.29 is 28.6 Å². The summed E-state index contributed by atoms with van der Waals surface area (Å²) in [5.74, 6) is -0.0306. The molecule has 0 bridgehead atoms. The van der Waals surface area contributed by atoms with E-state index in [1.54, 1.807) is 54.1 Å². The minimum absolute atomic E-state index is 0.0183. The number of ether oxygens (including phenoxy) is 3. The van der Waals surface area contributed by atoms with Gasteiger partial charge in [0.15, 0.2) is 0 Å². The number of nitrogens with zero attached hydrogens (tertiary/aromatic N) is 3. The molecule has 10 nitrogen and oxygen atoms in total. The van der Waals surface area contributed by atoms with Gasteiger partial charge in [0.2, 0.25) is 0 Å². The number of methoxy groups -OCH3 is 1. The lowest BCUT2D eigenvalue weighted by molar-refractivity contribution is 0.0203. The average Bonchev–Trinajstić information content (AvgIpc) is 3.38. The first-order chi connectivity index (χ1) is 19.1. The Bertz CT molecular complexity index is 1330. The molecule has 2 amide bonds. The lowest BCUT2D eigenvalue weighted by Gasteiger charge is -2.34. The zero-order chi connectivity index (χ0) is 28.9. The standard InChI is InChI=1S/C30H36N4O6/c1-6-39-28(36)21-7-9-22(10-8-21)32-27(35)25-19-31-34(23-11-13-24(38-5)14-12-23)26(25)20-15-17-33(18-16-20)29(37)40-30(2,3)4/h7-14,19-20H,6,15-18H2,1-5H3,(H,32,35). The van der Waals surface area contributed by atoms with Crippen molar-refractivity contribution in [3.8, 4) is 11.4 Å². The summed E-state index contributed by atoms with van der Waals surface area (Å²) in [5, 5.41) is 7.51. The Labute approximate surface area is 234 Å². The molecule has 2 heterocycles. The number of nitrogens with one attached hydrogen (secondary N) is 1. The molecule has 10 heteroatoms. The number of amides is 2. The Morgan fingerprint density at radius 1 is 1.00 bits per heavy atom. The molecule has 4 rings (SSSR count). The van der Waals surface area contributed by atoms with Crippen LogP contribution in [0.15, 0.2) is 54.7 Å². The molecule has 1 fully saturated rings.